The van der Waals surface area contributed by atoms with Crippen LogP contribution in [-0.2, 0) is 4.79 Å². The number of aliphatic hydroxyl groups excluding tert-OH is 1. The van der Waals surface area contributed by atoms with Crippen LogP contribution in [0.15, 0.2) is 12.3 Å². The molecule has 1 amide bonds. The number of hydrogen-bond acceptors (Lipinski definition) is 3. The zero-order valence-electron chi connectivity index (χ0n) is 8.27. The van der Waals surface area contributed by atoms with Gasteiger partial charge in [-0.25, -0.2) is 4.98 Å². The molecular weight excluding hydrogens is 216 g/mol. The Hall–Kier alpha value is -1.13. The van der Waals surface area contributed by atoms with Crippen molar-refractivity contribution >= 4 is 23.3 Å². The molecule has 0 radical (unpaired) electrons. The van der Waals surface area contributed by atoms with Crippen molar-refractivity contribution in [3.05, 3.63) is 22.8 Å². The Bertz CT molecular complexity index is 408. The minimum Gasteiger partial charge on any atom is -0.391 e. The van der Waals surface area contributed by atoms with Crippen molar-refractivity contribution in [2.24, 2.45) is 0 Å². The highest BCUT2D eigenvalue weighted by molar-refractivity contribution is 6.31. The summed E-state index contributed by atoms with van der Waals surface area (Å²) in [4.78, 5) is 17.0. The molecule has 0 spiro atoms. The fourth-order valence-corrected chi connectivity index (χ4v) is 1.69. The fourth-order valence-electron chi connectivity index (χ4n) is 1.58. The van der Waals surface area contributed by atoms with Crippen LogP contribution in [0.25, 0.3) is 0 Å². The second-order valence-corrected chi connectivity index (χ2v) is 4.06. The van der Waals surface area contributed by atoms with E-state index in [1.807, 2.05) is 6.92 Å². The number of pyridine rings is 1. The van der Waals surface area contributed by atoms with Gasteiger partial charge in [0.15, 0.2) is 0 Å². The highest BCUT2D eigenvalue weighted by atomic mass is 35.5. The number of aryl methyl sites for hydroxylation is 1. The summed E-state index contributed by atoms with van der Waals surface area (Å²) in [7, 11) is 0. The number of nitrogens with zero attached hydrogens (tertiary/aromatic N) is 2. The molecule has 1 aliphatic rings. The second kappa shape index (κ2) is 3.79. The van der Waals surface area contributed by atoms with Crippen LogP contribution in [-0.4, -0.2) is 28.6 Å². The number of aliphatic hydroxyl groups is 1. The summed E-state index contributed by atoms with van der Waals surface area (Å²) in [5.74, 6) is 0.454. The van der Waals surface area contributed by atoms with E-state index in [0.717, 1.165) is 5.56 Å². The first-order chi connectivity index (χ1) is 7.08. The molecule has 1 atom stereocenters. The van der Waals surface area contributed by atoms with Crippen LogP contribution < -0.4 is 4.90 Å². The van der Waals surface area contributed by atoms with Crippen LogP contribution in [0.4, 0.5) is 5.82 Å². The van der Waals surface area contributed by atoms with Crippen molar-refractivity contribution in [3.63, 3.8) is 0 Å². The summed E-state index contributed by atoms with van der Waals surface area (Å²) in [6.07, 6.45) is 1.10. The highest BCUT2D eigenvalue weighted by Crippen LogP contribution is 2.23. The molecule has 1 aliphatic heterocycles. The molecule has 80 valence electrons. The normalized spacial score (nSPS) is 21.1. The number of hydrogen-bond donors (Lipinski definition) is 1. The van der Waals surface area contributed by atoms with Crippen LogP contribution in [0.5, 0.6) is 0 Å². The van der Waals surface area contributed by atoms with Gasteiger partial charge in [0.05, 0.1) is 24.1 Å². The van der Waals surface area contributed by atoms with Crippen LogP contribution in [0, 0.1) is 6.92 Å². The largest absolute Gasteiger partial charge is 0.391 e. The predicted octanol–water partition coefficient (Wildman–Crippen LogP) is 1.14. The Balaban J connectivity index is 2.30. The van der Waals surface area contributed by atoms with Crippen LogP contribution in [0.2, 0.25) is 5.02 Å². The first-order valence-corrected chi connectivity index (χ1v) is 5.06. The molecule has 0 saturated carbocycles. The Morgan fingerprint density at radius 3 is 2.93 bits per heavy atom. The van der Waals surface area contributed by atoms with Crippen LogP contribution in [0.3, 0.4) is 0 Å². The van der Waals surface area contributed by atoms with E-state index >= 15 is 0 Å². The molecule has 0 aromatic carbocycles. The molecule has 5 heteroatoms. The van der Waals surface area contributed by atoms with Crippen molar-refractivity contribution in [1.82, 2.24) is 4.98 Å². The number of amides is 1. The molecule has 4 nitrogen and oxygen atoms in total. The van der Waals surface area contributed by atoms with Gasteiger partial charge in [-0.3, -0.25) is 9.69 Å². The van der Waals surface area contributed by atoms with E-state index in [1.165, 1.54) is 11.1 Å². The first-order valence-electron chi connectivity index (χ1n) is 4.68. The van der Waals surface area contributed by atoms with Crippen molar-refractivity contribution in [2.45, 2.75) is 19.4 Å². The van der Waals surface area contributed by atoms with Crippen molar-refractivity contribution in [1.29, 1.82) is 0 Å². The number of rotatable bonds is 1. The zero-order valence-corrected chi connectivity index (χ0v) is 9.03. The highest BCUT2D eigenvalue weighted by Gasteiger charge is 2.29. The molecular formula is C10H11ClN2O2. The quantitative estimate of drug-likeness (QED) is 0.782. The summed E-state index contributed by atoms with van der Waals surface area (Å²) in [5, 5.41) is 9.91. The van der Waals surface area contributed by atoms with Gasteiger partial charge in [0.1, 0.15) is 5.82 Å². The molecule has 0 aliphatic carbocycles. The van der Waals surface area contributed by atoms with Gasteiger partial charge in [-0.1, -0.05) is 11.6 Å². The maximum absolute atomic E-state index is 11.5. The first kappa shape index (κ1) is 10.4. The van der Waals surface area contributed by atoms with Gasteiger partial charge in [0.25, 0.3) is 0 Å². The monoisotopic (exact) mass is 226 g/mol. The third-order valence-corrected chi connectivity index (χ3v) is 2.81. The van der Waals surface area contributed by atoms with Crippen LogP contribution >= 0.6 is 11.6 Å². The topological polar surface area (TPSA) is 53.4 Å². The SMILES string of the molecule is Cc1cc(N2CC(O)CC2=O)ncc1Cl. The predicted molar refractivity (Wildman–Crippen MR) is 57.0 cm³/mol. The number of halogens is 1. The summed E-state index contributed by atoms with van der Waals surface area (Å²) >= 11 is 5.84. The lowest BCUT2D eigenvalue weighted by atomic mass is 10.3. The third kappa shape index (κ3) is 1.96. The fraction of sp³-hybridized carbons (Fsp3) is 0.400. The van der Waals surface area contributed by atoms with Crippen molar-refractivity contribution in [2.75, 3.05) is 11.4 Å². The lowest BCUT2D eigenvalue weighted by Gasteiger charge is -2.15. The van der Waals surface area contributed by atoms with E-state index in [0.29, 0.717) is 17.4 Å². The second-order valence-electron chi connectivity index (χ2n) is 3.65. The summed E-state index contributed by atoms with van der Waals surface area (Å²) in [5.41, 5.74) is 0.871. The van der Waals surface area contributed by atoms with Gasteiger partial charge < -0.3 is 5.11 Å². The van der Waals surface area contributed by atoms with Crippen LogP contribution in [0.1, 0.15) is 12.0 Å². The Kier molecular flexibility index (Phi) is 2.63. The standard InChI is InChI=1S/C10H11ClN2O2/c1-6-2-9(12-4-8(6)11)13-5-7(14)3-10(13)15/h2,4,7,14H,3,5H2,1H3. The summed E-state index contributed by atoms with van der Waals surface area (Å²) in [6, 6.07) is 1.75. The smallest absolute Gasteiger partial charge is 0.230 e. The molecule has 1 unspecified atom stereocenters. The molecule has 2 rings (SSSR count). The van der Waals surface area contributed by atoms with E-state index in [9.17, 15) is 9.90 Å². The Morgan fingerprint density at radius 1 is 1.67 bits per heavy atom. The van der Waals surface area contributed by atoms with Gasteiger partial charge in [0, 0.05) is 6.20 Å². The zero-order chi connectivity index (χ0) is 11.0. The van der Waals surface area contributed by atoms with Gasteiger partial charge in [-0.05, 0) is 18.6 Å². The summed E-state index contributed by atoms with van der Waals surface area (Å²) < 4.78 is 0. The maximum atomic E-state index is 11.5. The van der Waals surface area contributed by atoms with Crippen molar-refractivity contribution < 1.29 is 9.90 Å². The molecule has 1 aromatic heterocycles. The number of carbonyl (C=O) groups is 1. The molecule has 15 heavy (non-hydrogen) atoms. The minimum absolute atomic E-state index is 0.100. The summed E-state index contributed by atoms with van der Waals surface area (Å²) in [6.45, 7) is 2.16. The Labute approximate surface area is 92.5 Å². The number of β-amino-alcohol motifs (C(OH)–C–C–N with tert-alkyl or cyclic N) is 1. The van der Waals surface area contributed by atoms with E-state index in [4.69, 9.17) is 11.6 Å². The minimum atomic E-state index is -0.588. The molecule has 1 saturated heterocycles. The van der Waals surface area contributed by atoms with E-state index in [1.54, 1.807) is 6.07 Å². The average molecular weight is 227 g/mol. The number of aromatic nitrogens is 1. The molecule has 2 heterocycles. The van der Waals surface area contributed by atoms with Gasteiger partial charge in [0.2, 0.25) is 5.91 Å². The molecule has 1 N–H and O–H groups in total. The third-order valence-electron chi connectivity index (χ3n) is 2.41. The van der Waals surface area contributed by atoms with E-state index in [2.05, 4.69) is 4.98 Å². The van der Waals surface area contributed by atoms with Gasteiger partial charge in [-0.2, -0.15) is 0 Å². The van der Waals surface area contributed by atoms with E-state index < -0.39 is 6.10 Å². The van der Waals surface area contributed by atoms with E-state index in [-0.39, 0.29) is 12.3 Å². The average Bonchev–Trinajstić information content (AvgIpc) is 2.50. The number of carbonyl (C=O) groups excluding carboxylic acids is 1. The maximum Gasteiger partial charge on any atom is 0.230 e. The molecule has 0 bridgehead atoms. The molecule has 1 aromatic rings. The molecule has 1 fully saturated rings. The lowest BCUT2D eigenvalue weighted by Crippen LogP contribution is -2.26. The Morgan fingerprint density at radius 2 is 2.40 bits per heavy atom. The lowest BCUT2D eigenvalue weighted by molar-refractivity contribution is -0.117. The number of anilines is 1. The van der Waals surface area contributed by atoms with Gasteiger partial charge in [-0.15, -0.1) is 0 Å². The van der Waals surface area contributed by atoms with Crippen molar-refractivity contribution in [3.8, 4) is 0 Å². The van der Waals surface area contributed by atoms with Gasteiger partial charge >= 0.3 is 0 Å².